The van der Waals surface area contributed by atoms with Gasteiger partial charge in [-0.2, -0.15) is 0 Å². The van der Waals surface area contributed by atoms with E-state index in [4.69, 9.17) is 4.74 Å². The Morgan fingerprint density at radius 3 is 2.67 bits per heavy atom. The molecule has 120 valence electrons. The summed E-state index contributed by atoms with van der Waals surface area (Å²) < 4.78 is 6.55. The van der Waals surface area contributed by atoms with E-state index >= 15 is 0 Å². The van der Waals surface area contributed by atoms with Crippen LogP contribution in [0.3, 0.4) is 0 Å². The summed E-state index contributed by atoms with van der Waals surface area (Å²) in [6, 6.07) is 1.48. The first-order valence-electron chi connectivity index (χ1n) is 9.43. The van der Waals surface area contributed by atoms with E-state index in [0.717, 1.165) is 18.0 Å². The highest BCUT2D eigenvalue weighted by atomic mass is 16.5. The molecule has 0 radical (unpaired) electrons. The van der Waals surface area contributed by atoms with Crippen molar-refractivity contribution >= 4 is 0 Å². The van der Waals surface area contributed by atoms with E-state index in [9.17, 15) is 0 Å². The molecule has 2 saturated carbocycles. The van der Waals surface area contributed by atoms with Crippen LogP contribution < -0.4 is 5.32 Å². The minimum absolute atomic E-state index is 0.302. The Labute approximate surface area is 129 Å². The van der Waals surface area contributed by atoms with E-state index < -0.39 is 0 Å². The van der Waals surface area contributed by atoms with E-state index in [-0.39, 0.29) is 0 Å². The lowest BCUT2D eigenvalue weighted by atomic mass is 9.98. The first kappa shape index (κ1) is 14.5. The van der Waals surface area contributed by atoms with Crippen LogP contribution >= 0.6 is 0 Å². The average molecular weight is 292 g/mol. The maximum absolute atomic E-state index is 6.55. The maximum Gasteiger partial charge on any atom is 0.0710 e. The van der Waals surface area contributed by atoms with Crippen LogP contribution in [-0.2, 0) is 4.74 Å². The highest BCUT2D eigenvalue weighted by Crippen LogP contribution is 2.43. The van der Waals surface area contributed by atoms with Crippen LogP contribution in [-0.4, -0.2) is 48.3 Å². The van der Waals surface area contributed by atoms with Gasteiger partial charge in [0.1, 0.15) is 0 Å². The minimum atomic E-state index is 0.302. The molecule has 4 fully saturated rings. The van der Waals surface area contributed by atoms with Gasteiger partial charge >= 0.3 is 0 Å². The highest BCUT2D eigenvalue weighted by molar-refractivity contribution is 4.97. The summed E-state index contributed by atoms with van der Waals surface area (Å²) >= 11 is 0. The molecule has 3 atom stereocenters. The minimum Gasteiger partial charge on any atom is -0.370 e. The van der Waals surface area contributed by atoms with Gasteiger partial charge in [-0.3, -0.25) is 4.90 Å². The van der Waals surface area contributed by atoms with Crippen LogP contribution in [0, 0.1) is 5.92 Å². The van der Waals surface area contributed by atoms with Gasteiger partial charge in [-0.25, -0.2) is 0 Å². The van der Waals surface area contributed by atoms with Gasteiger partial charge in [-0.05, 0) is 50.9 Å². The van der Waals surface area contributed by atoms with Crippen molar-refractivity contribution in [3.05, 3.63) is 0 Å². The second kappa shape index (κ2) is 5.82. The molecule has 0 aromatic heterocycles. The molecule has 0 aromatic carbocycles. The fourth-order valence-electron chi connectivity index (χ4n) is 5.00. The van der Waals surface area contributed by atoms with Gasteiger partial charge in [0.2, 0.25) is 0 Å². The molecule has 4 aliphatic rings. The molecular weight excluding hydrogens is 260 g/mol. The molecule has 3 heteroatoms. The Morgan fingerprint density at radius 1 is 1.14 bits per heavy atom. The number of hydrogen-bond donors (Lipinski definition) is 1. The molecule has 21 heavy (non-hydrogen) atoms. The fourth-order valence-corrected chi connectivity index (χ4v) is 5.00. The molecule has 2 aliphatic carbocycles. The van der Waals surface area contributed by atoms with Crippen molar-refractivity contribution in [3.8, 4) is 0 Å². The fraction of sp³-hybridized carbons (Fsp3) is 1.00. The Kier molecular flexibility index (Phi) is 4.01. The summed E-state index contributed by atoms with van der Waals surface area (Å²) in [5.41, 5.74) is 0.302. The van der Waals surface area contributed by atoms with E-state index in [0.29, 0.717) is 11.7 Å². The first-order chi connectivity index (χ1) is 10.3. The zero-order valence-electron chi connectivity index (χ0n) is 13.7. The lowest BCUT2D eigenvalue weighted by Gasteiger charge is -2.41. The predicted molar refractivity (Wildman–Crippen MR) is 85.5 cm³/mol. The Bertz CT molecular complexity index is 362. The van der Waals surface area contributed by atoms with Gasteiger partial charge in [0.15, 0.2) is 0 Å². The summed E-state index contributed by atoms with van der Waals surface area (Å²) in [6.07, 6.45) is 12.7. The van der Waals surface area contributed by atoms with Crippen LogP contribution in [0.15, 0.2) is 0 Å². The first-order valence-corrected chi connectivity index (χ1v) is 9.43. The number of ether oxygens (including phenoxy) is 1. The van der Waals surface area contributed by atoms with Crippen LogP contribution in [0.2, 0.25) is 0 Å². The van der Waals surface area contributed by atoms with E-state index in [1.807, 2.05) is 0 Å². The average Bonchev–Trinajstić information content (AvgIpc) is 3.15. The molecular formula is C18H32N2O. The number of nitrogens with zero attached hydrogens (tertiary/aromatic N) is 1. The molecule has 1 spiro atoms. The van der Waals surface area contributed by atoms with Gasteiger partial charge < -0.3 is 10.1 Å². The Balaban J connectivity index is 1.35. The van der Waals surface area contributed by atoms with Gasteiger partial charge in [-0.1, -0.05) is 19.8 Å². The smallest absolute Gasteiger partial charge is 0.0710 e. The van der Waals surface area contributed by atoms with Crippen molar-refractivity contribution in [1.29, 1.82) is 0 Å². The number of nitrogens with one attached hydrogen (secondary N) is 1. The number of rotatable bonds is 4. The zero-order valence-corrected chi connectivity index (χ0v) is 13.7. The molecule has 2 aliphatic heterocycles. The normalized spacial score (nSPS) is 40.1. The maximum atomic E-state index is 6.55. The summed E-state index contributed by atoms with van der Waals surface area (Å²) in [7, 11) is 0. The van der Waals surface area contributed by atoms with Crippen LogP contribution in [0.25, 0.3) is 0 Å². The van der Waals surface area contributed by atoms with Crippen molar-refractivity contribution in [3.63, 3.8) is 0 Å². The monoisotopic (exact) mass is 292 g/mol. The van der Waals surface area contributed by atoms with Crippen molar-refractivity contribution < 1.29 is 4.74 Å². The van der Waals surface area contributed by atoms with Crippen LogP contribution in [0.5, 0.6) is 0 Å². The summed E-state index contributed by atoms with van der Waals surface area (Å²) in [6.45, 7) is 5.97. The van der Waals surface area contributed by atoms with Gasteiger partial charge in [0, 0.05) is 31.7 Å². The second-order valence-corrected chi connectivity index (χ2v) is 8.04. The van der Waals surface area contributed by atoms with Crippen LogP contribution in [0.4, 0.5) is 0 Å². The Morgan fingerprint density at radius 2 is 1.95 bits per heavy atom. The van der Waals surface area contributed by atoms with Crippen LogP contribution in [0.1, 0.15) is 64.7 Å². The standard InChI is InChI=1S/C18H32N2O/c1-2-15-11-19-17(14-5-6-14)13-20(15)12-16-7-10-18(21-16)8-3-4-9-18/h14-17,19H,2-13H2,1H3. The molecule has 2 heterocycles. The molecule has 3 unspecified atom stereocenters. The highest BCUT2D eigenvalue weighted by Gasteiger charge is 2.44. The molecule has 0 aromatic rings. The third-order valence-electron chi connectivity index (χ3n) is 6.52. The summed E-state index contributed by atoms with van der Waals surface area (Å²) in [5, 5.41) is 3.80. The third-order valence-corrected chi connectivity index (χ3v) is 6.52. The summed E-state index contributed by atoms with van der Waals surface area (Å²) in [5.74, 6) is 0.968. The molecule has 1 N–H and O–H groups in total. The van der Waals surface area contributed by atoms with Gasteiger partial charge in [0.05, 0.1) is 11.7 Å². The Hall–Kier alpha value is -0.120. The largest absolute Gasteiger partial charge is 0.370 e. The zero-order chi connectivity index (χ0) is 14.3. The lowest BCUT2D eigenvalue weighted by Crippen LogP contribution is -2.58. The quantitative estimate of drug-likeness (QED) is 0.862. The molecule has 4 rings (SSSR count). The van der Waals surface area contributed by atoms with Crippen molar-refractivity contribution in [2.45, 2.75) is 88.5 Å². The van der Waals surface area contributed by atoms with Crippen molar-refractivity contribution in [1.82, 2.24) is 10.2 Å². The number of hydrogen-bond acceptors (Lipinski definition) is 3. The topological polar surface area (TPSA) is 24.5 Å². The lowest BCUT2D eigenvalue weighted by molar-refractivity contribution is -0.0555. The van der Waals surface area contributed by atoms with Gasteiger partial charge in [-0.15, -0.1) is 0 Å². The van der Waals surface area contributed by atoms with Crippen molar-refractivity contribution in [2.24, 2.45) is 5.92 Å². The van der Waals surface area contributed by atoms with E-state index in [1.165, 1.54) is 77.4 Å². The molecule has 3 nitrogen and oxygen atoms in total. The summed E-state index contributed by atoms with van der Waals surface area (Å²) in [4.78, 5) is 2.76. The van der Waals surface area contributed by atoms with Crippen molar-refractivity contribution in [2.75, 3.05) is 19.6 Å². The number of piperazine rings is 1. The third kappa shape index (κ3) is 3.02. The molecule has 0 bridgehead atoms. The molecule has 2 saturated heterocycles. The SMILES string of the molecule is CCC1CNC(C2CC2)CN1CC1CCC2(CCCC2)O1. The van der Waals surface area contributed by atoms with Gasteiger partial charge in [0.25, 0.3) is 0 Å². The van der Waals surface area contributed by atoms with E-state index in [1.54, 1.807) is 0 Å². The predicted octanol–water partition coefficient (Wildman–Crippen LogP) is 2.94. The second-order valence-electron chi connectivity index (χ2n) is 8.04. The molecule has 0 amide bonds. The van der Waals surface area contributed by atoms with E-state index in [2.05, 4.69) is 17.1 Å².